The van der Waals surface area contributed by atoms with Crippen LogP contribution in [0, 0.1) is 13.8 Å². The summed E-state index contributed by atoms with van der Waals surface area (Å²) in [5.41, 5.74) is 3.47. The molecule has 0 aromatic carbocycles. The topological polar surface area (TPSA) is 50.2 Å². The van der Waals surface area contributed by atoms with Gasteiger partial charge in [0.15, 0.2) is 0 Å². The van der Waals surface area contributed by atoms with Crippen molar-refractivity contribution in [2.75, 3.05) is 13.1 Å². The zero-order valence-electron chi connectivity index (χ0n) is 12.6. The third-order valence-corrected chi connectivity index (χ3v) is 4.82. The Bertz CT molecular complexity index is 510. The number of rotatable bonds is 3. The molecular formula is C15H24N4O. The predicted molar refractivity (Wildman–Crippen MR) is 77.5 cm³/mol. The van der Waals surface area contributed by atoms with E-state index in [1.54, 1.807) is 0 Å². The Morgan fingerprint density at radius 3 is 2.50 bits per heavy atom. The minimum atomic E-state index is 0.297. The molecule has 1 amide bonds. The number of piperazine rings is 1. The van der Waals surface area contributed by atoms with Gasteiger partial charge in [-0.25, -0.2) is 0 Å². The third kappa shape index (κ3) is 2.46. The molecule has 1 aromatic heterocycles. The Morgan fingerprint density at radius 2 is 1.95 bits per heavy atom. The Labute approximate surface area is 120 Å². The number of aromatic nitrogens is 2. The van der Waals surface area contributed by atoms with Crippen LogP contribution in [0.15, 0.2) is 0 Å². The number of amides is 1. The van der Waals surface area contributed by atoms with Gasteiger partial charge in [0.25, 0.3) is 0 Å². The Balaban J connectivity index is 1.59. The van der Waals surface area contributed by atoms with Crippen LogP contribution < -0.4 is 5.32 Å². The predicted octanol–water partition coefficient (Wildman–Crippen LogP) is 0.932. The molecule has 1 N–H and O–H groups in total. The molecule has 2 atom stereocenters. The van der Waals surface area contributed by atoms with E-state index in [2.05, 4.69) is 22.2 Å². The lowest BCUT2D eigenvalue weighted by Crippen LogP contribution is -2.53. The molecule has 2 fully saturated rings. The average molecular weight is 276 g/mol. The van der Waals surface area contributed by atoms with E-state index < -0.39 is 0 Å². The first kappa shape index (κ1) is 13.6. The molecule has 2 saturated heterocycles. The number of aryl methyl sites for hydroxylation is 2. The summed E-state index contributed by atoms with van der Waals surface area (Å²) >= 11 is 0. The molecule has 2 aliphatic heterocycles. The van der Waals surface area contributed by atoms with Gasteiger partial charge in [0.1, 0.15) is 0 Å². The number of nitrogens with zero attached hydrogens (tertiary/aromatic N) is 3. The fraction of sp³-hybridized carbons (Fsp3) is 0.733. The second kappa shape index (κ2) is 5.20. The smallest absolute Gasteiger partial charge is 0.223 e. The fourth-order valence-corrected chi connectivity index (χ4v) is 3.57. The minimum Gasteiger partial charge on any atom is -0.340 e. The summed E-state index contributed by atoms with van der Waals surface area (Å²) in [6.45, 7) is 5.88. The molecule has 0 radical (unpaired) electrons. The van der Waals surface area contributed by atoms with Crippen molar-refractivity contribution in [3.63, 3.8) is 0 Å². The second-order valence-corrected chi connectivity index (χ2v) is 6.21. The van der Waals surface area contributed by atoms with Crippen molar-refractivity contribution in [3.8, 4) is 0 Å². The van der Waals surface area contributed by atoms with Gasteiger partial charge in [-0.3, -0.25) is 9.48 Å². The van der Waals surface area contributed by atoms with E-state index in [0.29, 0.717) is 24.4 Å². The first-order chi connectivity index (χ1) is 9.54. The van der Waals surface area contributed by atoms with Crippen LogP contribution in [-0.2, 0) is 18.3 Å². The molecule has 0 saturated carbocycles. The van der Waals surface area contributed by atoms with Crippen molar-refractivity contribution in [3.05, 3.63) is 17.0 Å². The summed E-state index contributed by atoms with van der Waals surface area (Å²) in [6, 6.07) is 1.05. The number of fused-ring (bicyclic) bond motifs is 2. The molecule has 3 heterocycles. The number of carbonyl (C=O) groups excluding carboxylic acids is 1. The number of nitrogens with one attached hydrogen (secondary N) is 1. The quantitative estimate of drug-likeness (QED) is 0.893. The van der Waals surface area contributed by atoms with E-state index in [1.807, 2.05) is 18.7 Å². The van der Waals surface area contributed by atoms with Gasteiger partial charge in [0.05, 0.1) is 5.69 Å². The number of hydrogen-bond donors (Lipinski definition) is 1. The summed E-state index contributed by atoms with van der Waals surface area (Å²) in [6.07, 6.45) is 3.85. The molecule has 20 heavy (non-hydrogen) atoms. The minimum absolute atomic E-state index is 0.297. The normalized spacial score (nSPS) is 25.2. The lowest BCUT2D eigenvalue weighted by molar-refractivity contribution is -0.132. The second-order valence-electron chi connectivity index (χ2n) is 6.21. The summed E-state index contributed by atoms with van der Waals surface area (Å²) < 4.78 is 1.90. The largest absolute Gasteiger partial charge is 0.340 e. The molecule has 1 aromatic rings. The molecule has 0 spiro atoms. The van der Waals surface area contributed by atoms with Crippen molar-refractivity contribution in [2.45, 2.75) is 51.6 Å². The molecular weight excluding hydrogens is 252 g/mol. The van der Waals surface area contributed by atoms with Crippen LogP contribution in [0.1, 0.15) is 36.2 Å². The van der Waals surface area contributed by atoms with Crippen molar-refractivity contribution < 1.29 is 4.79 Å². The van der Waals surface area contributed by atoms with Crippen LogP contribution in [0.2, 0.25) is 0 Å². The van der Waals surface area contributed by atoms with E-state index in [1.165, 1.54) is 24.1 Å². The fourth-order valence-electron chi connectivity index (χ4n) is 3.57. The summed E-state index contributed by atoms with van der Waals surface area (Å²) in [5, 5.41) is 7.98. The van der Waals surface area contributed by atoms with Gasteiger partial charge in [0, 0.05) is 44.3 Å². The highest BCUT2D eigenvalue weighted by Gasteiger charge is 2.33. The van der Waals surface area contributed by atoms with Crippen LogP contribution >= 0.6 is 0 Å². The lowest BCUT2D eigenvalue weighted by Gasteiger charge is -2.33. The zero-order chi connectivity index (χ0) is 14.3. The van der Waals surface area contributed by atoms with E-state index in [0.717, 1.165) is 25.2 Å². The number of hydrogen-bond acceptors (Lipinski definition) is 3. The van der Waals surface area contributed by atoms with Gasteiger partial charge in [-0.1, -0.05) is 0 Å². The standard InChI is InChI=1S/C15H24N4O/c1-10-14(11(2)18(3)17-10)6-7-15(20)19-8-12-4-5-13(9-19)16-12/h12-13,16H,4-9H2,1-3H3/t12-,13+. The summed E-state index contributed by atoms with van der Waals surface area (Å²) in [4.78, 5) is 14.4. The van der Waals surface area contributed by atoms with E-state index in [4.69, 9.17) is 0 Å². The Kier molecular flexibility index (Phi) is 3.54. The van der Waals surface area contributed by atoms with Gasteiger partial charge < -0.3 is 10.2 Å². The van der Waals surface area contributed by atoms with Crippen molar-refractivity contribution in [1.29, 1.82) is 0 Å². The van der Waals surface area contributed by atoms with E-state index in [9.17, 15) is 4.79 Å². The van der Waals surface area contributed by atoms with Crippen LogP contribution in [0.3, 0.4) is 0 Å². The maximum atomic E-state index is 12.4. The van der Waals surface area contributed by atoms with Crippen LogP contribution in [0.5, 0.6) is 0 Å². The van der Waals surface area contributed by atoms with Crippen LogP contribution in [0.4, 0.5) is 0 Å². The van der Waals surface area contributed by atoms with Crippen molar-refractivity contribution >= 4 is 5.91 Å². The third-order valence-electron chi connectivity index (χ3n) is 4.82. The maximum Gasteiger partial charge on any atom is 0.223 e. The first-order valence-electron chi connectivity index (χ1n) is 7.57. The molecule has 2 aliphatic rings. The molecule has 110 valence electrons. The van der Waals surface area contributed by atoms with Crippen molar-refractivity contribution in [2.24, 2.45) is 7.05 Å². The van der Waals surface area contributed by atoms with Crippen LogP contribution in [-0.4, -0.2) is 45.8 Å². The zero-order valence-corrected chi connectivity index (χ0v) is 12.6. The molecule has 5 nitrogen and oxygen atoms in total. The number of carbonyl (C=O) groups is 1. The Hall–Kier alpha value is -1.36. The van der Waals surface area contributed by atoms with Gasteiger partial charge in [-0.2, -0.15) is 5.10 Å². The molecule has 3 rings (SSSR count). The van der Waals surface area contributed by atoms with E-state index >= 15 is 0 Å². The van der Waals surface area contributed by atoms with Gasteiger partial charge in [-0.15, -0.1) is 0 Å². The lowest BCUT2D eigenvalue weighted by atomic mass is 10.1. The van der Waals surface area contributed by atoms with Gasteiger partial charge in [0.2, 0.25) is 5.91 Å². The highest BCUT2D eigenvalue weighted by Crippen LogP contribution is 2.21. The molecule has 0 unspecified atom stereocenters. The monoisotopic (exact) mass is 276 g/mol. The highest BCUT2D eigenvalue weighted by molar-refractivity contribution is 5.76. The molecule has 2 bridgehead atoms. The number of likely N-dealkylation sites (tertiary alicyclic amines) is 1. The molecule has 0 aliphatic carbocycles. The SMILES string of the molecule is Cc1nn(C)c(C)c1CCC(=O)N1C[C@H]2CC[C@@H](C1)N2. The Morgan fingerprint density at radius 1 is 1.30 bits per heavy atom. The summed E-state index contributed by atoms with van der Waals surface area (Å²) in [5.74, 6) is 0.297. The van der Waals surface area contributed by atoms with Crippen LogP contribution in [0.25, 0.3) is 0 Å². The van der Waals surface area contributed by atoms with Gasteiger partial charge in [-0.05, 0) is 38.7 Å². The molecule has 5 heteroatoms. The maximum absolute atomic E-state index is 12.4. The average Bonchev–Trinajstić information content (AvgIpc) is 2.87. The van der Waals surface area contributed by atoms with Gasteiger partial charge >= 0.3 is 0 Å². The summed E-state index contributed by atoms with van der Waals surface area (Å²) in [7, 11) is 1.96. The van der Waals surface area contributed by atoms with E-state index in [-0.39, 0.29) is 0 Å². The van der Waals surface area contributed by atoms with Crippen molar-refractivity contribution in [1.82, 2.24) is 20.0 Å². The highest BCUT2D eigenvalue weighted by atomic mass is 16.2. The first-order valence-corrected chi connectivity index (χ1v) is 7.57.